The van der Waals surface area contributed by atoms with Gasteiger partial charge in [-0.25, -0.2) is 4.79 Å². The van der Waals surface area contributed by atoms with Crippen molar-refractivity contribution in [1.82, 2.24) is 10.2 Å². The van der Waals surface area contributed by atoms with E-state index in [-0.39, 0.29) is 11.4 Å². The van der Waals surface area contributed by atoms with Crippen LogP contribution in [0.15, 0.2) is 22.6 Å². The van der Waals surface area contributed by atoms with Crippen molar-refractivity contribution in [3.63, 3.8) is 0 Å². The minimum atomic E-state index is -1.12. The number of carboxylic acids is 1. The average Bonchev–Trinajstić information content (AvgIpc) is 2.75. The molecule has 0 aliphatic heterocycles. The lowest BCUT2D eigenvalue weighted by molar-refractivity contribution is 0.0692. The fourth-order valence-corrected chi connectivity index (χ4v) is 1.38. The molecule has 0 aliphatic carbocycles. The van der Waals surface area contributed by atoms with Gasteiger partial charge < -0.3 is 14.3 Å². The van der Waals surface area contributed by atoms with Gasteiger partial charge in [0.15, 0.2) is 5.76 Å². The molecule has 0 atom stereocenters. The molecule has 0 amide bonds. The number of hydrogen-bond acceptors (Lipinski definition) is 5. The Morgan fingerprint density at radius 3 is 2.71 bits per heavy atom. The van der Waals surface area contributed by atoms with Crippen LogP contribution in [-0.2, 0) is 0 Å². The number of aromatic carboxylic acids is 1. The Labute approximate surface area is 96.9 Å². The fourth-order valence-electron chi connectivity index (χ4n) is 1.38. The predicted molar refractivity (Wildman–Crippen MR) is 58.0 cm³/mol. The van der Waals surface area contributed by atoms with E-state index in [1.807, 2.05) is 0 Å². The number of carboxylic acid groups (broad SMARTS) is 1. The van der Waals surface area contributed by atoms with Crippen molar-refractivity contribution >= 4 is 5.97 Å². The summed E-state index contributed by atoms with van der Waals surface area (Å²) >= 11 is 0. The Balaban J connectivity index is 2.50. The third kappa shape index (κ3) is 2.10. The molecule has 0 radical (unpaired) electrons. The first-order valence-corrected chi connectivity index (χ1v) is 4.83. The maximum Gasteiger partial charge on any atom is 0.341 e. The lowest BCUT2D eigenvalue weighted by Crippen LogP contribution is -2.04. The van der Waals surface area contributed by atoms with E-state index in [1.54, 1.807) is 19.1 Å². The molecule has 6 heteroatoms. The summed E-state index contributed by atoms with van der Waals surface area (Å²) in [6, 6.07) is 4.84. The predicted octanol–water partition coefficient (Wildman–Crippen LogP) is 1.75. The van der Waals surface area contributed by atoms with E-state index in [4.69, 9.17) is 14.3 Å². The van der Waals surface area contributed by atoms with Crippen LogP contribution in [0.5, 0.6) is 5.88 Å². The smallest absolute Gasteiger partial charge is 0.341 e. The van der Waals surface area contributed by atoms with Gasteiger partial charge in [0, 0.05) is 0 Å². The van der Waals surface area contributed by atoms with E-state index in [9.17, 15) is 4.79 Å². The molecule has 2 heterocycles. The van der Waals surface area contributed by atoms with Crippen molar-refractivity contribution in [3.05, 3.63) is 29.5 Å². The molecule has 6 nitrogen and oxygen atoms in total. The average molecular weight is 234 g/mol. The van der Waals surface area contributed by atoms with Crippen LogP contribution >= 0.6 is 0 Å². The first-order valence-electron chi connectivity index (χ1n) is 4.83. The molecular formula is C11H10N2O4. The summed E-state index contributed by atoms with van der Waals surface area (Å²) in [7, 11) is 1.34. The fraction of sp³-hybridized carbons (Fsp3) is 0.182. The molecule has 0 spiro atoms. The zero-order chi connectivity index (χ0) is 12.4. The molecule has 0 saturated heterocycles. The van der Waals surface area contributed by atoms with Crippen LogP contribution in [0, 0.1) is 6.92 Å². The summed E-state index contributed by atoms with van der Waals surface area (Å²) < 4.78 is 10.2. The number of aryl methyl sites for hydroxylation is 1. The second-order valence-corrected chi connectivity index (χ2v) is 3.37. The van der Waals surface area contributed by atoms with Gasteiger partial charge in [-0.05, 0) is 25.1 Å². The normalized spacial score (nSPS) is 10.2. The molecule has 2 rings (SSSR count). The topological polar surface area (TPSA) is 85.5 Å². The number of carbonyl (C=O) groups is 1. The SMILES string of the molecule is COc1nnc(-c2ccc(C)o2)cc1C(=O)O. The highest BCUT2D eigenvalue weighted by Crippen LogP contribution is 2.23. The third-order valence-electron chi connectivity index (χ3n) is 2.18. The van der Waals surface area contributed by atoms with E-state index in [2.05, 4.69) is 10.2 Å². The van der Waals surface area contributed by atoms with Gasteiger partial charge in [-0.3, -0.25) is 0 Å². The molecule has 0 aliphatic rings. The number of methoxy groups -OCH3 is 1. The van der Waals surface area contributed by atoms with Gasteiger partial charge >= 0.3 is 5.97 Å². The molecule has 1 N–H and O–H groups in total. The number of furan rings is 1. The second-order valence-electron chi connectivity index (χ2n) is 3.37. The summed E-state index contributed by atoms with van der Waals surface area (Å²) in [6.45, 7) is 1.79. The highest BCUT2D eigenvalue weighted by molar-refractivity contribution is 5.91. The third-order valence-corrected chi connectivity index (χ3v) is 2.18. The Hall–Kier alpha value is -2.37. The standard InChI is InChI=1S/C11H10N2O4/c1-6-3-4-9(17-6)8-5-7(11(14)15)10(16-2)13-12-8/h3-5H,1-2H3,(H,14,15). The molecular weight excluding hydrogens is 224 g/mol. The second kappa shape index (κ2) is 4.25. The Kier molecular flexibility index (Phi) is 2.78. The van der Waals surface area contributed by atoms with Crippen molar-refractivity contribution in [2.24, 2.45) is 0 Å². The van der Waals surface area contributed by atoms with Gasteiger partial charge in [0.2, 0.25) is 5.88 Å². The van der Waals surface area contributed by atoms with Gasteiger partial charge in [0.1, 0.15) is 17.0 Å². The van der Waals surface area contributed by atoms with Crippen molar-refractivity contribution in [2.75, 3.05) is 7.11 Å². The van der Waals surface area contributed by atoms with Crippen molar-refractivity contribution in [2.45, 2.75) is 6.92 Å². The monoisotopic (exact) mass is 234 g/mol. The highest BCUT2D eigenvalue weighted by atomic mass is 16.5. The Morgan fingerprint density at radius 1 is 1.41 bits per heavy atom. The van der Waals surface area contributed by atoms with Gasteiger partial charge in [0.05, 0.1) is 7.11 Å². The van der Waals surface area contributed by atoms with Crippen LogP contribution in [0.3, 0.4) is 0 Å². The largest absolute Gasteiger partial charge is 0.479 e. The Morgan fingerprint density at radius 2 is 2.18 bits per heavy atom. The first-order chi connectivity index (χ1) is 8.11. The zero-order valence-electron chi connectivity index (χ0n) is 9.30. The lowest BCUT2D eigenvalue weighted by atomic mass is 10.2. The van der Waals surface area contributed by atoms with Crippen LogP contribution in [0.1, 0.15) is 16.1 Å². The molecule has 0 bridgehead atoms. The first kappa shape index (κ1) is 11.1. The van der Waals surface area contributed by atoms with Gasteiger partial charge in [-0.15, -0.1) is 10.2 Å². The number of ether oxygens (including phenoxy) is 1. The van der Waals surface area contributed by atoms with E-state index in [0.717, 1.165) is 5.76 Å². The number of hydrogen-bond donors (Lipinski definition) is 1. The zero-order valence-corrected chi connectivity index (χ0v) is 9.30. The maximum atomic E-state index is 11.0. The molecule has 17 heavy (non-hydrogen) atoms. The van der Waals surface area contributed by atoms with Crippen LogP contribution in [0.2, 0.25) is 0 Å². The molecule has 0 fully saturated rings. The summed E-state index contributed by atoms with van der Waals surface area (Å²) in [4.78, 5) is 11.0. The molecule has 2 aromatic rings. The number of nitrogens with zero attached hydrogens (tertiary/aromatic N) is 2. The minimum absolute atomic E-state index is 0.0236. The van der Waals surface area contributed by atoms with E-state index in [1.165, 1.54) is 13.2 Å². The minimum Gasteiger partial charge on any atom is -0.479 e. The van der Waals surface area contributed by atoms with Crippen molar-refractivity contribution < 1.29 is 19.1 Å². The van der Waals surface area contributed by atoms with Crippen molar-refractivity contribution in [3.8, 4) is 17.3 Å². The molecule has 0 unspecified atom stereocenters. The van der Waals surface area contributed by atoms with Crippen LogP contribution < -0.4 is 4.74 Å². The quantitative estimate of drug-likeness (QED) is 0.870. The van der Waals surface area contributed by atoms with Crippen LogP contribution in [0.4, 0.5) is 0 Å². The lowest BCUT2D eigenvalue weighted by Gasteiger charge is -2.03. The van der Waals surface area contributed by atoms with Gasteiger partial charge in [0.25, 0.3) is 0 Å². The highest BCUT2D eigenvalue weighted by Gasteiger charge is 2.16. The number of rotatable bonds is 3. The Bertz CT molecular complexity index is 562. The molecule has 0 saturated carbocycles. The maximum absolute atomic E-state index is 11.0. The number of aromatic nitrogens is 2. The summed E-state index contributed by atoms with van der Waals surface area (Å²) in [6.07, 6.45) is 0. The van der Waals surface area contributed by atoms with E-state index in [0.29, 0.717) is 11.5 Å². The van der Waals surface area contributed by atoms with Gasteiger partial charge in [-0.1, -0.05) is 0 Å². The van der Waals surface area contributed by atoms with Gasteiger partial charge in [-0.2, -0.15) is 0 Å². The molecule has 2 aromatic heterocycles. The van der Waals surface area contributed by atoms with E-state index < -0.39 is 5.97 Å². The van der Waals surface area contributed by atoms with Crippen molar-refractivity contribution in [1.29, 1.82) is 0 Å². The summed E-state index contributed by atoms with van der Waals surface area (Å²) in [5.74, 6) is 0.0421. The molecule has 88 valence electrons. The van der Waals surface area contributed by atoms with E-state index >= 15 is 0 Å². The summed E-state index contributed by atoms with van der Waals surface area (Å²) in [5, 5.41) is 16.5. The summed E-state index contributed by atoms with van der Waals surface area (Å²) in [5.41, 5.74) is 0.308. The van der Waals surface area contributed by atoms with Crippen LogP contribution in [0.25, 0.3) is 11.5 Å². The van der Waals surface area contributed by atoms with Crippen LogP contribution in [-0.4, -0.2) is 28.4 Å². The molecule has 0 aromatic carbocycles.